The summed E-state index contributed by atoms with van der Waals surface area (Å²) >= 11 is 4.60. The summed E-state index contributed by atoms with van der Waals surface area (Å²) in [6, 6.07) is 0. The van der Waals surface area contributed by atoms with Gasteiger partial charge < -0.3 is 10.1 Å². The molecule has 1 aliphatic heterocycles. The minimum Gasteiger partial charge on any atom is -0.435 e. The van der Waals surface area contributed by atoms with Gasteiger partial charge in [0.15, 0.2) is 0 Å². The van der Waals surface area contributed by atoms with E-state index in [9.17, 15) is 0 Å². The molecule has 2 nitrogen and oxygen atoms in total. The summed E-state index contributed by atoms with van der Waals surface area (Å²) in [6.45, 7) is 4.20. The molecule has 0 aliphatic carbocycles. The Morgan fingerprint density at radius 2 is 2.57 bits per heavy atom. The lowest BCUT2D eigenvalue weighted by atomic mass is 10.6. The van der Waals surface area contributed by atoms with Crippen molar-refractivity contribution in [2.75, 3.05) is 6.54 Å². The Kier molecular flexibility index (Phi) is 0.982. The molecule has 0 radical (unpaired) electrons. The zero-order valence-electron chi connectivity index (χ0n) is 3.73. The Balaban J connectivity index is 2.55. The molecule has 1 aliphatic rings. The normalized spacial score (nSPS) is 18.9. The second kappa shape index (κ2) is 1.50. The Hall–Kier alpha value is -0.570. The molecule has 0 atom stereocenters. The van der Waals surface area contributed by atoms with Crippen LogP contribution in [0, 0.1) is 0 Å². The predicted octanol–water partition coefficient (Wildman–Crippen LogP) is 0.405. The summed E-state index contributed by atoms with van der Waals surface area (Å²) in [5, 5.41) is 3.21. The second-order valence-electron chi connectivity index (χ2n) is 1.28. The molecular weight excluding hydrogens is 110 g/mol. The van der Waals surface area contributed by atoms with Crippen molar-refractivity contribution >= 4 is 17.4 Å². The van der Waals surface area contributed by atoms with E-state index in [4.69, 9.17) is 4.74 Å². The lowest BCUT2D eigenvalue weighted by Gasteiger charge is -1.86. The lowest BCUT2D eigenvalue weighted by Crippen LogP contribution is -2.11. The van der Waals surface area contributed by atoms with E-state index in [1.807, 2.05) is 0 Å². The summed E-state index contributed by atoms with van der Waals surface area (Å²) < 4.78 is 4.79. The highest BCUT2D eigenvalue weighted by Crippen LogP contribution is 1.98. The molecule has 1 saturated heterocycles. The fourth-order valence-corrected chi connectivity index (χ4v) is 0.564. The van der Waals surface area contributed by atoms with Crippen molar-refractivity contribution in [3.63, 3.8) is 0 Å². The summed E-state index contributed by atoms with van der Waals surface area (Å²) in [5.41, 5.74) is 0. The first-order valence-corrected chi connectivity index (χ1v) is 2.33. The molecule has 0 bridgehead atoms. The van der Waals surface area contributed by atoms with Crippen LogP contribution in [0.4, 0.5) is 0 Å². The van der Waals surface area contributed by atoms with Gasteiger partial charge in [0.25, 0.3) is 5.17 Å². The molecule has 1 fully saturated rings. The number of hydrogen-bond acceptors (Lipinski definition) is 2. The van der Waals surface area contributed by atoms with Crippen LogP contribution < -0.4 is 5.32 Å². The van der Waals surface area contributed by atoms with Gasteiger partial charge in [0.1, 0.15) is 5.76 Å². The maximum absolute atomic E-state index is 4.79. The average molecular weight is 115 g/mol. The Labute approximate surface area is 47.2 Å². The topological polar surface area (TPSA) is 21.3 Å². The largest absolute Gasteiger partial charge is 0.435 e. The van der Waals surface area contributed by atoms with Crippen LogP contribution in [0.25, 0.3) is 0 Å². The summed E-state index contributed by atoms with van der Waals surface area (Å²) in [4.78, 5) is 0. The highest BCUT2D eigenvalue weighted by atomic mass is 32.1. The molecule has 0 amide bonds. The van der Waals surface area contributed by atoms with E-state index in [1.54, 1.807) is 0 Å². The van der Waals surface area contributed by atoms with Crippen molar-refractivity contribution in [2.45, 2.75) is 0 Å². The lowest BCUT2D eigenvalue weighted by molar-refractivity contribution is 0.454. The number of ether oxygens (including phenoxy) is 1. The van der Waals surface area contributed by atoms with Crippen LogP contribution >= 0.6 is 12.2 Å². The minimum absolute atomic E-state index is 0.435. The Morgan fingerprint density at radius 3 is 2.71 bits per heavy atom. The third kappa shape index (κ3) is 0.899. The van der Waals surface area contributed by atoms with E-state index in [2.05, 4.69) is 24.1 Å². The fourth-order valence-electron chi connectivity index (χ4n) is 0.374. The first kappa shape index (κ1) is 4.59. The van der Waals surface area contributed by atoms with Gasteiger partial charge in [-0.3, -0.25) is 0 Å². The molecule has 0 aromatic heterocycles. The van der Waals surface area contributed by atoms with E-state index < -0.39 is 0 Å². The zero-order chi connectivity index (χ0) is 5.28. The van der Waals surface area contributed by atoms with Crippen molar-refractivity contribution in [1.29, 1.82) is 0 Å². The van der Waals surface area contributed by atoms with E-state index >= 15 is 0 Å². The van der Waals surface area contributed by atoms with Gasteiger partial charge in [-0.2, -0.15) is 0 Å². The van der Waals surface area contributed by atoms with Crippen molar-refractivity contribution in [2.24, 2.45) is 0 Å². The minimum atomic E-state index is 0.435. The van der Waals surface area contributed by atoms with Gasteiger partial charge in [-0.1, -0.05) is 6.58 Å². The molecule has 1 heterocycles. The maximum atomic E-state index is 4.79. The summed E-state index contributed by atoms with van der Waals surface area (Å²) in [7, 11) is 0. The van der Waals surface area contributed by atoms with Crippen molar-refractivity contribution in [3.05, 3.63) is 12.3 Å². The van der Waals surface area contributed by atoms with Crippen LogP contribution in [0.5, 0.6) is 0 Å². The first-order chi connectivity index (χ1) is 3.29. The Morgan fingerprint density at radius 1 is 1.86 bits per heavy atom. The van der Waals surface area contributed by atoms with Gasteiger partial charge in [0.2, 0.25) is 0 Å². The van der Waals surface area contributed by atoms with Gasteiger partial charge in [-0.15, -0.1) is 0 Å². The smallest absolute Gasteiger partial charge is 0.262 e. The van der Waals surface area contributed by atoms with Gasteiger partial charge >= 0.3 is 0 Å². The zero-order valence-corrected chi connectivity index (χ0v) is 4.55. The number of nitrogens with one attached hydrogen (secondary N) is 1. The molecule has 0 aromatic carbocycles. The molecule has 0 unspecified atom stereocenters. The van der Waals surface area contributed by atoms with Crippen molar-refractivity contribution < 1.29 is 4.74 Å². The van der Waals surface area contributed by atoms with E-state index in [0.29, 0.717) is 17.5 Å². The van der Waals surface area contributed by atoms with Gasteiger partial charge in [0.05, 0.1) is 6.54 Å². The quantitative estimate of drug-likeness (QED) is 0.462. The first-order valence-electron chi connectivity index (χ1n) is 1.92. The number of rotatable bonds is 0. The van der Waals surface area contributed by atoms with Crippen molar-refractivity contribution in [3.8, 4) is 0 Å². The van der Waals surface area contributed by atoms with E-state index in [0.717, 1.165) is 0 Å². The molecule has 0 saturated carbocycles. The van der Waals surface area contributed by atoms with Crippen LogP contribution in [-0.2, 0) is 4.74 Å². The van der Waals surface area contributed by atoms with Crippen LogP contribution in [0.15, 0.2) is 12.3 Å². The predicted molar refractivity (Wildman–Crippen MR) is 30.8 cm³/mol. The van der Waals surface area contributed by atoms with E-state index in [-0.39, 0.29) is 0 Å². The standard InChI is InChI=1S/C4H5NOS/c1-3-2-5-4(7)6-3/h1-2H2,(H,5,7). The molecule has 0 spiro atoms. The number of hydrogen-bond donors (Lipinski definition) is 1. The second-order valence-corrected chi connectivity index (χ2v) is 1.65. The monoisotopic (exact) mass is 115 g/mol. The SMILES string of the molecule is C=C1CNC(=S)O1. The molecule has 0 aromatic rings. The van der Waals surface area contributed by atoms with Crippen LogP contribution in [-0.4, -0.2) is 11.7 Å². The third-order valence-corrected chi connectivity index (χ3v) is 0.895. The van der Waals surface area contributed by atoms with Crippen LogP contribution in [0.1, 0.15) is 0 Å². The summed E-state index contributed by atoms with van der Waals surface area (Å²) in [6.07, 6.45) is 0. The highest BCUT2D eigenvalue weighted by molar-refractivity contribution is 7.80. The molecule has 7 heavy (non-hydrogen) atoms. The van der Waals surface area contributed by atoms with Crippen molar-refractivity contribution in [1.82, 2.24) is 5.32 Å². The van der Waals surface area contributed by atoms with Crippen LogP contribution in [0.2, 0.25) is 0 Å². The number of thiocarbonyl (C=S) groups is 1. The molecule has 1 rings (SSSR count). The van der Waals surface area contributed by atoms with Crippen LogP contribution in [0.3, 0.4) is 0 Å². The molecule has 38 valence electrons. The molecule has 1 N–H and O–H groups in total. The average Bonchev–Trinajstić information content (AvgIpc) is 1.87. The van der Waals surface area contributed by atoms with Gasteiger partial charge in [-0.05, 0) is 12.2 Å². The fraction of sp³-hybridized carbons (Fsp3) is 0.250. The summed E-state index contributed by atoms with van der Waals surface area (Å²) in [5.74, 6) is 0.699. The molecular formula is C4H5NOS. The van der Waals surface area contributed by atoms with Gasteiger partial charge in [-0.25, -0.2) is 0 Å². The maximum Gasteiger partial charge on any atom is 0.262 e. The molecule has 3 heteroatoms. The Bertz CT molecular complexity index is 107. The van der Waals surface area contributed by atoms with E-state index in [1.165, 1.54) is 0 Å². The van der Waals surface area contributed by atoms with Gasteiger partial charge in [0, 0.05) is 0 Å². The third-order valence-electron chi connectivity index (χ3n) is 0.667. The highest BCUT2D eigenvalue weighted by Gasteiger charge is 2.07.